The van der Waals surface area contributed by atoms with E-state index in [9.17, 15) is 9.50 Å². The molecule has 1 aliphatic rings. The first kappa shape index (κ1) is 12.3. The third-order valence-electron chi connectivity index (χ3n) is 3.32. The normalized spacial score (nSPS) is 23.8. The van der Waals surface area contributed by atoms with E-state index in [1.165, 1.54) is 12.1 Å². The topological polar surface area (TPSA) is 35.5 Å². The standard InChI is InChI=1S/C13H19FN2O/c1-13(2)9-15-11(8-17)7-16(13)12-5-3-10(14)4-6-12/h3-6,11,15,17H,7-9H2,1-2H3. The van der Waals surface area contributed by atoms with Gasteiger partial charge in [-0.15, -0.1) is 0 Å². The summed E-state index contributed by atoms with van der Waals surface area (Å²) in [7, 11) is 0. The molecule has 0 aromatic heterocycles. The highest BCUT2D eigenvalue weighted by atomic mass is 19.1. The van der Waals surface area contributed by atoms with Crippen LogP contribution in [0.4, 0.5) is 10.1 Å². The lowest BCUT2D eigenvalue weighted by molar-refractivity contribution is 0.210. The average Bonchev–Trinajstić information content (AvgIpc) is 2.30. The first-order valence-electron chi connectivity index (χ1n) is 5.90. The summed E-state index contributed by atoms with van der Waals surface area (Å²) in [6, 6.07) is 6.60. The van der Waals surface area contributed by atoms with E-state index in [1.54, 1.807) is 12.1 Å². The van der Waals surface area contributed by atoms with Gasteiger partial charge < -0.3 is 15.3 Å². The van der Waals surface area contributed by atoms with Gasteiger partial charge in [-0.05, 0) is 38.1 Å². The van der Waals surface area contributed by atoms with Crippen LogP contribution in [-0.4, -0.2) is 36.4 Å². The molecule has 0 saturated carbocycles. The van der Waals surface area contributed by atoms with Crippen LogP contribution < -0.4 is 10.2 Å². The van der Waals surface area contributed by atoms with E-state index in [-0.39, 0.29) is 24.0 Å². The molecular formula is C13H19FN2O. The molecule has 1 aromatic carbocycles. The van der Waals surface area contributed by atoms with E-state index in [0.29, 0.717) is 0 Å². The Morgan fingerprint density at radius 1 is 1.41 bits per heavy atom. The van der Waals surface area contributed by atoms with Gasteiger partial charge in [-0.25, -0.2) is 4.39 Å². The summed E-state index contributed by atoms with van der Waals surface area (Å²) in [5.41, 5.74) is 0.958. The van der Waals surface area contributed by atoms with Crippen LogP contribution in [0.5, 0.6) is 0 Å². The monoisotopic (exact) mass is 238 g/mol. The van der Waals surface area contributed by atoms with Crippen LogP contribution in [0, 0.1) is 5.82 Å². The second-order valence-corrected chi connectivity index (χ2v) is 5.16. The van der Waals surface area contributed by atoms with E-state index < -0.39 is 0 Å². The fourth-order valence-electron chi connectivity index (χ4n) is 2.22. The number of nitrogens with zero attached hydrogens (tertiary/aromatic N) is 1. The minimum atomic E-state index is -0.222. The third-order valence-corrected chi connectivity index (χ3v) is 3.32. The Morgan fingerprint density at radius 3 is 2.65 bits per heavy atom. The molecule has 1 fully saturated rings. The number of hydrogen-bond acceptors (Lipinski definition) is 3. The Kier molecular flexibility index (Phi) is 3.35. The quantitative estimate of drug-likeness (QED) is 0.817. The minimum absolute atomic E-state index is 0.0382. The first-order chi connectivity index (χ1) is 8.03. The van der Waals surface area contributed by atoms with Gasteiger partial charge in [0.15, 0.2) is 0 Å². The average molecular weight is 238 g/mol. The largest absolute Gasteiger partial charge is 0.395 e. The van der Waals surface area contributed by atoms with Crippen molar-refractivity contribution in [1.82, 2.24) is 5.32 Å². The van der Waals surface area contributed by atoms with E-state index >= 15 is 0 Å². The summed E-state index contributed by atoms with van der Waals surface area (Å²) in [5, 5.41) is 12.5. The predicted octanol–water partition coefficient (Wildman–Crippen LogP) is 1.37. The zero-order valence-electron chi connectivity index (χ0n) is 10.3. The summed E-state index contributed by atoms with van der Waals surface area (Å²) in [4.78, 5) is 2.21. The molecule has 2 rings (SSSR count). The van der Waals surface area contributed by atoms with E-state index in [4.69, 9.17) is 0 Å². The summed E-state index contributed by atoms with van der Waals surface area (Å²) in [6.07, 6.45) is 0. The van der Waals surface area contributed by atoms with Crippen molar-refractivity contribution in [2.45, 2.75) is 25.4 Å². The molecule has 1 unspecified atom stereocenters. The van der Waals surface area contributed by atoms with Crippen molar-refractivity contribution in [3.63, 3.8) is 0 Å². The Bertz CT molecular complexity index is 378. The molecular weight excluding hydrogens is 219 g/mol. The molecule has 1 aromatic rings. The Hall–Kier alpha value is -1.13. The lowest BCUT2D eigenvalue weighted by Crippen LogP contribution is -2.63. The molecule has 1 heterocycles. The molecule has 0 spiro atoms. The Balaban J connectivity index is 2.23. The highest BCUT2D eigenvalue weighted by Gasteiger charge is 2.33. The maximum atomic E-state index is 12.9. The molecule has 1 atom stereocenters. The van der Waals surface area contributed by atoms with Crippen molar-refractivity contribution in [2.24, 2.45) is 0 Å². The number of hydrogen-bond donors (Lipinski definition) is 2. The zero-order valence-corrected chi connectivity index (χ0v) is 10.3. The highest BCUT2D eigenvalue weighted by Crippen LogP contribution is 2.26. The zero-order chi connectivity index (χ0) is 12.5. The second kappa shape index (κ2) is 4.63. The number of rotatable bonds is 2. The molecule has 94 valence electrons. The van der Waals surface area contributed by atoms with E-state index in [0.717, 1.165) is 18.8 Å². The second-order valence-electron chi connectivity index (χ2n) is 5.16. The third kappa shape index (κ3) is 2.58. The highest BCUT2D eigenvalue weighted by molar-refractivity contribution is 5.49. The van der Waals surface area contributed by atoms with Crippen molar-refractivity contribution in [3.8, 4) is 0 Å². The molecule has 3 nitrogen and oxygen atoms in total. The number of aliphatic hydroxyl groups is 1. The Morgan fingerprint density at radius 2 is 2.06 bits per heavy atom. The molecule has 17 heavy (non-hydrogen) atoms. The lowest BCUT2D eigenvalue weighted by Gasteiger charge is -2.47. The number of halogens is 1. The molecule has 0 aliphatic carbocycles. The first-order valence-corrected chi connectivity index (χ1v) is 5.90. The van der Waals surface area contributed by atoms with Gasteiger partial charge in [0, 0.05) is 30.4 Å². The lowest BCUT2D eigenvalue weighted by atomic mass is 9.96. The predicted molar refractivity (Wildman–Crippen MR) is 66.7 cm³/mol. The van der Waals surface area contributed by atoms with Crippen molar-refractivity contribution in [3.05, 3.63) is 30.1 Å². The van der Waals surface area contributed by atoms with Crippen LogP contribution in [0.2, 0.25) is 0 Å². The van der Waals surface area contributed by atoms with Crippen molar-refractivity contribution >= 4 is 5.69 Å². The summed E-state index contributed by atoms with van der Waals surface area (Å²) < 4.78 is 12.9. The molecule has 1 saturated heterocycles. The number of piperazine rings is 1. The molecule has 1 aliphatic heterocycles. The van der Waals surface area contributed by atoms with Gasteiger partial charge in [0.2, 0.25) is 0 Å². The molecule has 0 amide bonds. The fraction of sp³-hybridized carbons (Fsp3) is 0.538. The summed E-state index contributed by atoms with van der Waals surface area (Å²) in [5.74, 6) is -0.222. The smallest absolute Gasteiger partial charge is 0.123 e. The molecule has 4 heteroatoms. The number of benzene rings is 1. The summed E-state index contributed by atoms with van der Waals surface area (Å²) >= 11 is 0. The van der Waals surface area contributed by atoms with Gasteiger partial charge in [0.25, 0.3) is 0 Å². The van der Waals surface area contributed by atoms with Crippen molar-refractivity contribution < 1.29 is 9.50 Å². The van der Waals surface area contributed by atoms with Crippen LogP contribution in [-0.2, 0) is 0 Å². The van der Waals surface area contributed by atoms with Gasteiger partial charge in [0.1, 0.15) is 5.82 Å². The molecule has 0 radical (unpaired) electrons. The molecule has 0 bridgehead atoms. The van der Waals surface area contributed by atoms with E-state index in [1.807, 2.05) is 0 Å². The van der Waals surface area contributed by atoms with Gasteiger partial charge in [0.05, 0.1) is 6.61 Å². The van der Waals surface area contributed by atoms with Crippen LogP contribution in [0.3, 0.4) is 0 Å². The van der Waals surface area contributed by atoms with Crippen LogP contribution in [0.15, 0.2) is 24.3 Å². The number of nitrogens with one attached hydrogen (secondary N) is 1. The maximum Gasteiger partial charge on any atom is 0.123 e. The Labute approximate surface area is 101 Å². The fourth-order valence-corrected chi connectivity index (χ4v) is 2.22. The summed E-state index contributed by atoms with van der Waals surface area (Å²) in [6.45, 7) is 5.92. The van der Waals surface area contributed by atoms with Gasteiger partial charge >= 0.3 is 0 Å². The molecule has 2 N–H and O–H groups in total. The SMILES string of the molecule is CC1(C)CNC(CO)CN1c1ccc(F)cc1. The van der Waals surface area contributed by atoms with Crippen LogP contribution in [0.25, 0.3) is 0 Å². The van der Waals surface area contributed by atoms with Gasteiger partial charge in [-0.3, -0.25) is 0 Å². The van der Waals surface area contributed by atoms with Gasteiger partial charge in [-0.1, -0.05) is 0 Å². The number of anilines is 1. The van der Waals surface area contributed by atoms with E-state index in [2.05, 4.69) is 24.1 Å². The van der Waals surface area contributed by atoms with Crippen molar-refractivity contribution in [1.29, 1.82) is 0 Å². The van der Waals surface area contributed by atoms with Crippen LogP contribution >= 0.6 is 0 Å². The number of aliphatic hydroxyl groups excluding tert-OH is 1. The van der Waals surface area contributed by atoms with Gasteiger partial charge in [-0.2, -0.15) is 0 Å². The minimum Gasteiger partial charge on any atom is -0.395 e. The van der Waals surface area contributed by atoms with Crippen molar-refractivity contribution in [2.75, 3.05) is 24.6 Å². The van der Waals surface area contributed by atoms with Crippen LogP contribution in [0.1, 0.15) is 13.8 Å². The maximum absolute atomic E-state index is 12.9.